The molecule has 0 atom stereocenters. The Morgan fingerprint density at radius 3 is 2.57 bits per heavy atom. The minimum Gasteiger partial charge on any atom is -0.481 e. The van der Waals surface area contributed by atoms with Crippen molar-refractivity contribution < 1.29 is 4.74 Å². The highest BCUT2D eigenvalue weighted by molar-refractivity contribution is 5.60. The number of rotatable bonds is 4. The second-order valence-electron chi connectivity index (χ2n) is 5.31. The number of hydrogen-bond acceptors (Lipinski definition) is 5. The summed E-state index contributed by atoms with van der Waals surface area (Å²) in [5, 5.41) is 8.54. The maximum Gasteiger partial charge on any atom is 0.213 e. The number of hydrogen-bond donors (Lipinski definition) is 1. The fraction of sp³-hybridized carbons (Fsp3) is 0.235. The van der Waals surface area contributed by atoms with Crippen LogP contribution in [0.3, 0.4) is 0 Å². The highest BCUT2D eigenvalue weighted by Crippen LogP contribution is 2.25. The van der Waals surface area contributed by atoms with Gasteiger partial charge in [-0.2, -0.15) is 0 Å². The van der Waals surface area contributed by atoms with Gasteiger partial charge in [0, 0.05) is 18.2 Å². The Balaban J connectivity index is 2.09. The molecular formula is C17H19N5O. The van der Waals surface area contributed by atoms with Crippen molar-refractivity contribution in [1.29, 1.82) is 0 Å². The third-order valence-corrected chi connectivity index (χ3v) is 3.83. The number of benzene rings is 1. The van der Waals surface area contributed by atoms with Gasteiger partial charge in [-0.05, 0) is 37.1 Å². The van der Waals surface area contributed by atoms with Gasteiger partial charge in [0.2, 0.25) is 5.88 Å². The molecule has 6 nitrogen and oxygen atoms in total. The molecule has 2 N–H and O–H groups in total. The number of nitrogens with two attached hydrogens (primary N) is 1. The average molecular weight is 309 g/mol. The van der Waals surface area contributed by atoms with E-state index >= 15 is 0 Å². The third-order valence-electron chi connectivity index (χ3n) is 3.83. The summed E-state index contributed by atoms with van der Waals surface area (Å²) >= 11 is 0. The highest BCUT2D eigenvalue weighted by Gasteiger charge is 2.14. The first-order valence-electron chi connectivity index (χ1n) is 7.36. The first kappa shape index (κ1) is 15.2. The van der Waals surface area contributed by atoms with E-state index in [1.807, 2.05) is 42.7 Å². The summed E-state index contributed by atoms with van der Waals surface area (Å²) in [5.41, 5.74) is 9.90. The van der Waals surface area contributed by atoms with Crippen LogP contribution in [0.2, 0.25) is 0 Å². The van der Waals surface area contributed by atoms with Crippen LogP contribution in [0.25, 0.3) is 17.1 Å². The van der Waals surface area contributed by atoms with Crippen LogP contribution >= 0.6 is 0 Å². The normalized spacial score (nSPS) is 10.8. The van der Waals surface area contributed by atoms with Gasteiger partial charge in [-0.1, -0.05) is 12.1 Å². The Morgan fingerprint density at radius 2 is 1.96 bits per heavy atom. The topological polar surface area (TPSA) is 78.8 Å². The maximum atomic E-state index is 5.74. The van der Waals surface area contributed by atoms with Crippen LogP contribution < -0.4 is 10.5 Å². The van der Waals surface area contributed by atoms with Crippen LogP contribution in [0.4, 0.5) is 0 Å². The van der Waals surface area contributed by atoms with E-state index < -0.39 is 0 Å². The molecule has 0 saturated carbocycles. The van der Waals surface area contributed by atoms with Crippen molar-refractivity contribution in [2.75, 3.05) is 7.11 Å². The SMILES string of the molecule is COc1ccc(-n2c(C)nnc2-c2ccc(CN)c(C)c2)cn1. The molecule has 3 aromatic rings. The molecule has 0 amide bonds. The molecule has 0 aliphatic rings. The fourth-order valence-corrected chi connectivity index (χ4v) is 2.55. The second-order valence-corrected chi connectivity index (χ2v) is 5.31. The zero-order valence-corrected chi connectivity index (χ0v) is 13.4. The summed E-state index contributed by atoms with van der Waals surface area (Å²) in [6, 6.07) is 9.89. The van der Waals surface area contributed by atoms with Crippen molar-refractivity contribution in [3.05, 3.63) is 53.5 Å². The molecule has 2 aromatic heterocycles. The van der Waals surface area contributed by atoms with E-state index in [1.165, 1.54) is 0 Å². The molecule has 3 rings (SSSR count). The molecule has 0 spiro atoms. The van der Waals surface area contributed by atoms with Crippen molar-refractivity contribution in [3.8, 4) is 23.0 Å². The fourth-order valence-electron chi connectivity index (χ4n) is 2.55. The van der Waals surface area contributed by atoms with Crippen LogP contribution in [0, 0.1) is 13.8 Å². The van der Waals surface area contributed by atoms with Crippen LogP contribution in [-0.4, -0.2) is 26.9 Å². The molecular weight excluding hydrogens is 290 g/mol. The van der Waals surface area contributed by atoms with E-state index in [0.29, 0.717) is 12.4 Å². The molecule has 0 fully saturated rings. The molecule has 0 unspecified atom stereocenters. The van der Waals surface area contributed by atoms with E-state index in [4.69, 9.17) is 10.5 Å². The summed E-state index contributed by atoms with van der Waals surface area (Å²) < 4.78 is 7.08. The Kier molecular flexibility index (Phi) is 4.08. The smallest absolute Gasteiger partial charge is 0.213 e. The predicted octanol–water partition coefficient (Wildman–Crippen LogP) is 2.41. The van der Waals surface area contributed by atoms with E-state index in [0.717, 1.165) is 34.0 Å². The average Bonchev–Trinajstić information content (AvgIpc) is 2.96. The minimum absolute atomic E-state index is 0.528. The standard InChI is InChI=1S/C17H19N5O/c1-11-8-13(4-5-14(11)9-18)17-21-20-12(2)22(17)15-6-7-16(23-3)19-10-15/h4-8,10H,9,18H2,1-3H3. The Labute approximate surface area is 135 Å². The van der Waals surface area contributed by atoms with Crippen LogP contribution in [-0.2, 0) is 6.54 Å². The maximum absolute atomic E-state index is 5.74. The lowest BCUT2D eigenvalue weighted by Gasteiger charge is -2.10. The van der Waals surface area contributed by atoms with E-state index in [1.54, 1.807) is 13.3 Å². The first-order valence-corrected chi connectivity index (χ1v) is 7.36. The van der Waals surface area contributed by atoms with Gasteiger partial charge in [0.1, 0.15) is 5.82 Å². The van der Waals surface area contributed by atoms with Gasteiger partial charge in [-0.25, -0.2) is 4.98 Å². The lowest BCUT2D eigenvalue weighted by molar-refractivity contribution is 0.398. The Hall–Kier alpha value is -2.73. The molecule has 0 bridgehead atoms. The molecule has 118 valence electrons. The quantitative estimate of drug-likeness (QED) is 0.800. The molecule has 0 saturated heterocycles. The molecule has 2 heterocycles. The molecule has 23 heavy (non-hydrogen) atoms. The summed E-state index contributed by atoms with van der Waals surface area (Å²) in [7, 11) is 1.60. The predicted molar refractivity (Wildman–Crippen MR) is 88.5 cm³/mol. The van der Waals surface area contributed by atoms with Crippen LogP contribution in [0.15, 0.2) is 36.5 Å². The number of aryl methyl sites for hydroxylation is 2. The van der Waals surface area contributed by atoms with E-state index in [-0.39, 0.29) is 0 Å². The lowest BCUT2D eigenvalue weighted by atomic mass is 10.0. The molecule has 0 radical (unpaired) electrons. The van der Waals surface area contributed by atoms with E-state index in [9.17, 15) is 0 Å². The summed E-state index contributed by atoms with van der Waals surface area (Å²) in [4.78, 5) is 4.26. The number of methoxy groups -OCH3 is 1. The van der Waals surface area contributed by atoms with Crippen LogP contribution in [0.5, 0.6) is 5.88 Å². The number of pyridine rings is 1. The van der Waals surface area contributed by atoms with Gasteiger partial charge in [0.05, 0.1) is 19.0 Å². The van der Waals surface area contributed by atoms with Gasteiger partial charge >= 0.3 is 0 Å². The van der Waals surface area contributed by atoms with Crippen molar-refractivity contribution in [2.24, 2.45) is 5.73 Å². The largest absolute Gasteiger partial charge is 0.481 e. The molecule has 0 aliphatic heterocycles. The summed E-state index contributed by atoms with van der Waals surface area (Å²) in [6.07, 6.45) is 1.75. The number of ether oxygens (including phenoxy) is 1. The lowest BCUT2D eigenvalue weighted by Crippen LogP contribution is -2.02. The molecule has 0 aliphatic carbocycles. The zero-order valence-electron chi connectivity index (χ0n) is 13.4. The zero-order chi connectivity index (χ0) is 16.4. The Bertz CT molecular complexity index is 824. The van der Waals surface area contributed by atoms with Crippen molar-refractivity contribution >= 4 is 0 Å². The van der Waals surface area contributed by atoms with Gasteiger partial charge < -0.3 is 10.5 Å². The van der Waals surface area contributed by atoms with Crippen LogP contribution in [0.1, 0.15) is 17.0 Å². The van der Waals surface area contributed by atoms with E-state index in [2.05, 4.69) is 21.2 Å². The molecule has 1 aromatic carbocycles. The summed E-state index contributed by atoms with van der Waals surface area (Å²) in [5.74, 6) is 2.15. The monoisotopic (exact) mass is 309 g/mol. The number of aromatic nitrogens is 4. The van der Waals surface area contributed by atoms with Gasteiger partial charge in [-0.3, -0.25) is 4.57 Å². The number of nitrogens with zero attached hydrogens (tertiary/aromatic N) is 4. The highest BCUT2D eigenvalue weighted by atomic mass is 16.5. The Morgan fingerprint density at radius 1 is 1.13 bits per heavy atom. The second kappa shape index (κ2) is 6.18. The van der Waals surface area contributed by atoms with Gasteiger partial charge in [-0.15, -0.1) is 10.2 Å². The first-order chi connectivity index (χ1) is 11.1. The van der Waals surface area contributed by atoms with Crippen molar-refractivity contribution in [1.82, 2.24) is 19.7 Å². The van der Waals surface area contributed by atoms with Crippen molar-refractivity contribution in [3.63, 3.8) is 0 Å². The van der Waals surface area contributed by atoms with Crippen molar-refractivity contribution in [2.45, 2.75) is 20.4 Å². The third kappa shape index (κ3) is 2.80. The van der Waals surface area contributed by atoms with Gasteiger partial charge in [0.15, 0.2) is 5.82 Å². The van der Waals surface area contributed by atoms with Gasteiger partial charge in [0.25, 0.3) is 0 Å². The summed E-state index contributed by atoms with van der Waals surface area (Å²) in [6.45, 7) is 4.50. The molecule has 6 heteroatoms. The minimum atomic E-state index is 0.528.